The normalized spacial score (nSPS) is 14.2. The summed E-state index contributed by atoms with van der Waals surface area (Å²) >= 11 is 0. The van der Waals surface area contributed by atoms with Crippen LogP contribution in [0.2, 0.25) is 0 Å². The minimum atomic E-state index is -0.655. The van der Waals surface area contributed by atoms with Gasteiger partial charge in [-0.2, -0.15) is 0 Å². The lowest BCUT2D eigenvalue weighted by Gasteiger charge is -2.06. The fourth-order valence-corrected chi connectivity index (χ4v) is 1.66. The standard InChI is InChI=1S/C12H14FN3O3/c13-8-1-4-11(16(18)19)10(7-8)15-12(17)5-6-14-9-2-3-9/h1,4,7,9,14H,2-3,5-6H2,(H,15,17). The summed E-state index contributed by atoms with van der Waals surface area (Å²) in [5.74, 6) is -1.00. The maximum atomic E-state index is 13.0. The van der Waals surface area contributed by atoms with Crippen LogP contribution in [0.4, 0.5) is 15.8 Å². The number of amides is 1. The van der Waals surface area contributed by atoms with Crippen LogP contribution in [0.25, 0.3) is 0 Å². The second-order valence-electron chi connectivity index (χ2n) is 4.45. The summed E-state index contributed by atoms with van der Waals surface area (Å²) < 4.78 is 13.0. The zero-order chi connectivity index (χ0) is 13.8. The van der Waals surface area contributed by atoms with E-state index in [1.165, 1.54) is 0 Å². The first-order valence-electron chi connectivity index (χ1n) is 6.03. The third-order valence-corrected chi connectivity index (χ3v) is 2.79. The second kappa shape index (κ2) is 5.75. The second-order valence-corrected chi connectivity index (χ2v) is 4.45. The predicted octanol–water partition coefficient (Wildman–Crippen LogP) is 1.81. The van der Waals surface area contributed by atoms with Gasteiger partial charge in [0.2, 0.25) is 5.91 Å². The highest BCUT2D eigenvalue weighted by atomic mass is 19.1. The number of halogens is 1. The number of carbonyl (C=O) groups excluding carboxylic acids is 1. The SMILES string of the molecule is O=C(CCNC1CC1)Nc1cc(F)ccc1[N+](=O)[O-]. The van der Waals surface area contributed by atoms with Gasteiger partial charge in [-0.05, 0) is 18.9 Å². The van der Waals surface area contributed by atoms with Gasteiger partial charge >= 0.3 is 0 Å². The first-order chi connectivity index (χ1) is 9.06. The Morgan fingerprint density at radius 3 is 2.84 bits per heavy atom. The molecule has 1 amide bonds. The van der Waals surface area contributed by atoms with Crippen molar-refractivity contribution in [3.8, 4) is 0 Å². The van der Waals surface area contributed by atoms with Crippen LogP contribution in [-0.2, 0) is 4.79 Å². The van der Waals surface area contributed by atoms with Crippen LogP contribution >= 0.6 is 0 Å². The summed E-state index contributed by atoms with van der Waals surface area (Å²) in [5.41, 5.74) is -0.425. The van der Waals surface area contributed by atoms with Crippen LogP contribution < -0.4 is 10.6 Å². The molecule has 2 rings (SSSR count). The molecule has 0 aromatic heterocycles. The van der Waals surface area contributed by atoms with E-state index < -0.39 is 10.7 Å². The van der Waals surface area contributed by atoms with Gasteiger partial charge in [-0.15, -0.1) is 0 Å². The van der Waals surface area contributed by atoms with Crippen molar-refractivity contribution >= 4 is 17.3 Å². The molecular formula is C12H14FN3O3. The number of anilines is 1. The van der Waals surface area contributed by atoms with Gasteiger partial charge in [0.25, 0.3) is 5.69 Å². The van der Waals surface area contributed by atoms with Gasteiger partial charge in [0.1, 0.15) is 11.5 Å². The number of benzene rings is 1. The summed E-state index contributed by atoms with van der Waals surface area (Å²) in [6, 6.07) is 3.47. The molecule has 0 unspecified atom stereocenters. The molecule has 2 N–H and O–H groups in total. The van der Waals surface area contributed by atoms with Gasteiger partial charge in [-0.3, -0.25) is 14.9 Å². The van der Waals surface area contributed by atoms with Gasteiger partial charge in [0, 0.05) is 31.1 Å². The largest absolute Gasteiger partial charge is 0.320 e. The molecule has 19 heavy (non-hydrogen) atoms. The highest BCUT2D eigenvalue weighted by Crippen LogP contribution is 2.25. The molecule has 1 aromatic carbocycles. The van der Waals surface area contributed by atoms with E-state index in [0.29, 0.717) is 12.6 Å². The van der Waals surface area contributed by atoms with E-state index in [1.807, 2.05) is 0 Å². The lowest BCUT2D eigenvalue weighted by Crippen LogP contribution is -2.23. The van der Waals surface area contributed by atoms with Crippen LogP contribution in [0, 0.1) is 15.9 Å². The Morgan fingerprint density at radius 1 is 1.47 bits per heavy atom. The van der Waals surface area contributed by atoms with Gasteiger partial charge in [0.15, 0.2) is 0 Å². The molecule has 6 nitrogen and oxygen atoms in total. The molecule has 0 atom stereocenters. The van der Waals surface area contributed by atoms with Crippen LogP contribution in [0.1, 0.15) is 19.3 Å². The zero-order valence-corrected chi connectivity index (χ0v) is 10.2. The molecule has 1 saturated carbocycles. The van der Waals surface area contributed by atoms with Gasteiger partial charge < -0.3 is 10.6 Å². The summed E-state index contributed by atoms with van der Waals surface area (Å²) in [4.78, 5) is 21.7. The quantitative estimate of drug-likeness (QED) is 0.608. The lowest BCUT2D eigenvalue weighted by atomic mass is 10.2. The van der Waals surface area contributed by atoms with Crippen LogP contribution in [-0.4, -0.2) is 23.4 Å². The number of hydrogen-bond acceptors (Lipinski definition) is 4. The minimum absolute atomic E-state index is 0.110. The Kier molecular flexibility index (Phi) is 4.06. The summed E-state index contributed by atoms with van der Waals surface area (Å²) in [7, 11) is 0. The Hall–Kier alpha value is -2.02. The minimum Gasteiger partial charge on any atom is -0.320 e. The van der Waals surface area contributed by atoms with Crippen molar-refractivity contribution in [2.45, 2.75) is 25.3 Å². The van der Waals surface area contributed by atoms with Crippen molar-refractivity contribution < 1.29 is 14.1 Å². The number of nitro groups is 1. The van der Waals surface area contributed by atoms with E-state index in [4.69, 9.17) is 0 Å². The van der Waals surface area contributed by atoms with Crippen LogP contribution in [0.15, 0.2) is 18.2 Å². The summed E-state index contributed by atoms with van der Waals surface area (Å²) in [6.07, 6.45) is 2.44. The monoisotopic (exact) mass is 267 g/mol. The van der Waals surface area contributed by atoms with Crippen molar-refractivity contribution in [1.29, 1.82) is 0 Å². The lowest BCUT2D eigenvalue weighted by molar-refractivity contribution is -0.384. The number of hydrogen-bond donors (Lipinski definition) is 2. The van der Waals surface area contributed by atoms with Crippen molar-refractivity contribution in [2.75, 3.05) is 11.9 Å². The van der Waals surface area contributed by atoms with Crippen LogP contribution in [0.3, 0.4) is 0 Å². The molecule has 102 valence electrons. The van der Waals surface area contributed by atoms with E-state index in [0.717, 1.165) is 31.0 Å². The van der Waals surface area contributed by atoms with Crippen molar-refractivity contribution in [2.24, 2.45) is 0 Å². The first-order valence-corrected chi connectivity index (χ1v) is 6.03. The van der Waals surface area contributed by atoms with Crippen molar-refractivity contribution in [3.05, 3.63) is 34.1 Å². The third-order valence-electron chi connectivity index (χ3n) is 2.79. The number of carbonyl (C=O) groups is 1. The molecule has 0 spiro atoms. The Bertz CT molecular complexity index is 503. The van der Waals surface area contributed by atoms with Gasteiger partial charge in [-0.25, -0.2) is 4.39 Å². The zero-order valence-electron chi connectivity index (χ0n) is 10.2. The molecule has 1 aromatic rings. The highest BCUT2D eigenvalue weighted by molar-refractivity contribution is 5.93. The predicted molar refractivity (Wildman–Crippen MR) is 67.3 cm³/mol. The molecule has 1 aliphatic rings. The molecule has 1 aliphatic carbocycles. The van der Waals surface area contributed by atoms with Crippen molar-refractivity contribution in [1.82, 2.24) is 5.32 Å². The molecule has 0 saturated heterocycles. The maximum absolute atomic E-state index is 13.0. The third kappa shape index (κ3) is 3.99. The summed E-state index contributed by atoms with van der Waals surface area (Å²) in [6.45, 7) is 0.514. The molecule has 0 radical (unpaired) electrons. The smallest absolute Gasteiger partial charge is 0.292 e. The Morgan fingerprint density at radius 2 is 2.21 bits per heavy atom. The highest BCUT2D eigenvalue weighted by Gasteiger charge is 2.21. The molecule has 0 heterocycles. The van der Waals surface area contributed by atoms with E-state index in [9.17, 15) is 19.3 Å². The number of nitrogens with zero attached hydrogens (tertiary/aromatic N) is 1. The van der Waals surface area contributed by atoms with E-state index in [1.54, 1.807) is 0 Å². The van der Waals surface area contributed by atoms with Gasteiger partial charge in [-0.1, -0.05) is 0 Å². The van der Waals surface area contributed by atoms with E-state index >= 15 is 0 Å². The number of nitro benzene ring substituents is 1. The van der Waals surface area contributed by atoms with Gasteiger partial charge in [0.05, 0.1) is 4.92 Å². The summed E-state index contributed by atoms with van der Waals surface area (Å²) in [5, 5.41) is 16.3. The average Bonchev–Trinajstić information content (AvgIpc) is 3.12. The van der Waals surface area contributed by atoms with Crippen molar-refractivity contribution in [3.63, 3.8) is 0 Å². The molecule has 7 heteroatoms. The average molecular weight is 267 g/mol. The van der Waals surface area contributed by atoms with E-state index in [-0.39, 0.29) is 23.7 Å². The first kappa shape index (κ1) is 13.4. The molecule has 1 fully saturated rings. The molecule has 0 bridgehead atoms. The number of nitrogens with one attached hydrogen (secondary N) is 2. The van der Waals surface area contributed by atoms with E-state index in [2.05, 4.69) is 10.6 Å². The maximum Gasteiger partial charge on any atom is 0.292 e. The Labute approximate surface area is 109 Å². The molecule has 0 aliphatic heterocycles. The topological polar surface area (TPSA) is 84.3 Å². The molecular weight excluding hydrogens is 253 g/mol. The van der Waals surface area contributed by atoms with Crippen LogP contribution in [0.5, 0.6) is 0 Å². The fourth-order valence-electron chi connectivity index (χ4n) is 1.66. The number of rotatable bonds is 6. The Balaban J connectivity index is 1.94. The fraction of sp³-hybridized carbons (Fsp3) is 0.417.